The standard InChI is InChI=1S/C21H24N2O2/c1-3-18(15-7-5-4-6-8-15)21(25)22-14-20(24)17-9-10-19-16(13-17)11-12-23(19)2/h4-13,18,20,24H,3,14H2,1-2H3,(H,22,25)/t18-,20-/m1/s1. The molecule has 0 spiro atoms. The molecular formula is C21H24N2O2. The van der Waals surface area contributed by atoms with Gasteiger partial charge in [-0.1, -0.05) is 43.3 Å². The van der Waals surface area contributed by atoms with Gasteiger partial charge in [0.05, 0.1) is 12.0 Å². The second-order valence-electron chi connectivity index (χ2n) is 6.38. The second kappa shape index (κ2) is 7.53. The van der Waals surface area contributed by atoms with E-state index >= 15 is 0 Å². The van der Waals surface area contributed by atoms with E-state index in [0.29, 0.717) is 0 Å². The van der Waals surface area contributed by atoms with E-state index in [9.17, 15) is 9.90 Å². The van der Waals surface area contributed by atoms with Crippen LogP contribution in [-0.2, 0) is 11.8 Å². The van der Waals surface area contributed by atoms with Gasteiger partial charge in [0.15, 0.2) is 0 Å². The fraction of sp³-hybridized carbons (Fsp3) is 0.286. The molecule has 25 heavy (non-hydrogen) atoms. The molecule has 2 aromatic carbocycles. The molecular weight excluding hydrogens is 312 g/mol. The van der Waals surface area contributed by atoms with Gasteiger partial charge in [-0.15, -0.1) is 0 Å². The molecule has 2 atom stereocenters. The van der Waals surface area contributed by atoms with Crippen LogP contribution >= 0.6 is 0 Å². The number of nitrogens with zero attached hydrogens (tertiary/aromatic N) is 1. The number of aryl methyl sites for hydroxylation is 1. The van der Waals surface area contributed by atoms with Crippen molar-refractivity contribution in [3.05, 3.63) is 71.9 Å². The van der Waals surface area contributed by atoms with E-state index in [-0.39, 0.29) is 18.4 Å². The third-order valence-corrected chi connectivity index (χ3v) is 4.69. The second-order valence-corrected chi connectivity index (χ2v) is 6.38. The molecule has 0 saturated carbocycles. The summed E-state index contributed by atoms with van der Waals surface area (Å²) in [7, 11) is 1.99. The number of rotatable bonds is 6. The van der Waals surface area contributed by atoms with Gasteiger partial charge in [-0.25, -0.2) is 0 Å². The van der Waals surface area contributed by atoms with E-state index in [1.807, 2.05) is 79.3 Å². The zero-order valence-corrected chi connectivity index (χ0v) is 14.6. The Morgan fingerprint density at radius 1 is 1.12 bits per heavy atom. The number of aromatic nitrogens is 1. The normalized spacial score (nSPS) is 13.6. The topological polar surface area (TPSA) is 54.3 Å². The lowest BCUT2D eigenvalue weighted by atomic mass is 9.95. The lowest BCUT2D eigenvalue weighted by molar-refractivity contribution is -0.123. The van der Waals surface area contributed by atoms with E-state index in [0.717, 1.165) is 28.5 Å². The molecule has 3 rings (SSSR count). The van der Waals surface area contributed by atoms with E-state index in [1.54, 1.807) is 0 Å². The van der Waals surface area contributed by atoms with Crippen LogP contribution in [0.2, 0.25) is 0 Å². The number of aliphatic hydroxyl groups excluding tert-OH is 1. The van der Waals surface area contributed by atoms with Gasteiger partial charge in [-0.05, 0) is 41.1 Å². The number of benzene rings is 2. The smallest absolute Gasteiger partial charge is 0.227 e. The highest BCUT2D eigenvalue weighted by molar-refractivity contribution is 5.83. The largest absolute Gasteiger partial charge is 0.387 e. The van der Waals surface area contributed by atoms with Crippen LogP contribution in [0.5, 0.6) is 0 Å². The Morgan fingerprint density at radius 3 is 2.60 bits per heavy atom. The summed E-state index contributed by atoms with van der Waals surface area (Å²) < 4.78 is 2.04. The van der Waals surface area contributed by atoms with Crippen molar-refractivity contribution < 1.29 is 9.90 Å². The van der Waals surface area contributed by atoms with Crippen LogP contribution in [0.15, 0.2) is 60.8 Å². The van der Waals surface area contributed by atoms with E-state index in [2.05, 4.69) is 5.32 Å². The summed E-state index contributed by atoms with van der Waals surface area (Å²) in [6, 6.07) is 17.7. The van der Waals surface area contributed by atoms with Crippen LogP contribution in [0.1, 0.15) is 36.5 Å². The summed E-state index contributed by atoms with van der Waals surface area (Å²) in [5, 5.41) is 14.4. The van der Waals surface area contributed by atoms with E-state index in [1.165, 1.54) is 0 Å². The molecule has 2 N–H and O–H groups in total. The minimum absolute atomic E-state index is 0.0476. The molecule has 0 radical (unpaired) electrons. The van der Waals surface area contributed by atoms with Crippen molar-refractivity contribution in [1.82, 2.24) is 9.88 Å². The first-order chi connectivity index (χ1) is 12.1. The highest BCUT2D eigenvalue weighted by atomic mass is 16.3. The molecule has 4 heteroatoms. The summed E-state index contributed by atoms with van der Waals surface area (Å²) in [5.41, 5.74) is 2.93. The number of hydrogen-bond donors (Lipinski definition) is 2. The number of nitrogens with one attached hydrogen (secondary N) is 1. The Morgan fingerprint density at radius 2 is 1.88 bits per heavy atom. The van der Waals surface area contributed by atoms with Crippen molar-refractivity contribution in [2.24, 2.45) is 7.05 Å². The maximum atomic E-state index is 12.5. The van der Waals surface area contributed by atoms with Gasteiger partial charge >= 0.3 is 0 Å². The van der Waals surface area contributed by atoms with Crippen LogP contribution in [0.25, 0.3) is 10.9 Å². The molecule has 0 bridgehead atoms. The van der Waals surface area contributed by atoms with E-state index in [4.69, 9.17) is 0 Å². The SMILES string of the molecule is CC[C@@H](C(=O)NC[C@@H](O)c1ccc2c(ccn2C)c1)c1ccccc1. The molecule has 1 amide bonds. The van der Waals surface area contributed by atoms with Gasteiger partial charge in [0.1, 0.15) is 0 Å². The van der Waals surface area contributed by atoms with Crippen molar-refractivity contribution in [2.75, 3.05) is 6.54 Å². The summed E-state index contributed by atoms with van der Waals surface area (Å²) in [6.07, 6.45) is 2.00. The molecule has 1 heterocycles. The highest BCUT2D eigenvalue weighted by Gasteiger charge is 2.19. The average molecular weight is 336 g/mol. The zero-order valence-electron chi connectivity index (χ0n) is 14.6. The number of carbonyl (C=O) groups is 1. The Bertz CT molecular complexity index is 855. The lowest BCUT2D eigenvalue weighted by Crippen LogP contribution is -2.32. The van der Waals surface area contributed by atoms with E-state index < -0.39 is 6.10 Å². The Hall–Kier alpha value is -2.59. The van der Waals surface area contributed by atoms with Gasteiger partial charge in [-0.2, -0.15) is 0 Å². The maximum absolute atomic E-state index is 12.5. The van der Waals surface area contributed by atoms with Crippen LogP contribution < -0.4 is 5.32 Å². The first-order valence-electron chi connectivity index (χ1n) is 8.66. The summed E-state index contributed by atoms with van der Waals surface area (Å²) >= 11 is 0. The predicted octanol–water partition coefficient (Wildman–Crippen LogP) is 3.52. The third kappa shape index (κ3) is 3.74. The van der Waals surface area contributed by atoms with Crippen LogP contribution in [0.3, 0.4) is 0 Å². The lowest BCUT2D eigenvalue weighted by Gasteiger charge is -2.18. The molecule has 130 valence electrons. The number of hydrogen-bond acceptors (Lipinski definition) is 2. The maximum Gasteiger partial charge on any atom is 0.227 e. The molecule has 0 fully saturated rings. The zero-order chi connectivity index (χ0) is 17.8. The number of fused-ring (bicyclic) bond motifs is 1. The Labute approximate surface area is 148 Å². The first kappa shape index (κ1) is 17.2. The van der Waals surface area contributed by atoms with Crippen molar-refractivity contribution in [1.29, 1.82) is 0 Å². The Balaban J connectivity index is 1.65. The molecule has 4 nitrogen and oxygen atoms in total. The van der Waals surface area contributed by atoms with Crippen molar-refractivity contribution >= 4 is 16.8 Å². The summed E-state index contributed by atoms with van der Waals surface area (Å²) in [5.74, 6) is -0.237. The monoisotopic (exact) mass is 336 g/mol. The predicted molar refractivity (Wildman–Crippen MR) is 100 cm³/mol. The third-order valence-electron chi connectivity index (χ3n) is 4.69. The van der Waals surface area contributed by atoms with Gasteiger partial charge in [-0.3, -0.25) is 4.79 Å². The first-order valence-corrected chi connectivity index (χ1v) is 8.66. The number of amides is 1. The minimum atomic E-state index is -0.721. The molecule has 0 unspecified atom stereocenters. The quantitative estimate of drug-likeness (QED) is 0.723. The fourth-order valence-electron chi connectivity index (χ4n) is 3.20. The van der Waals surface area contributed by atoms with Gasteiger partial charge in [0, 0.05) is 25.3 Å². The van der Waals surface area contributed by atoms with Crippen LogP contribution in [0.4, 0.5) is 0 Å². The summed E-state index contributed by atoms with van der Waals surface area (Å²) in [6.45, 7) is 2.21. The Kier molecular flexibility index (Phi) is 5.19. The van der Waals surface area contributed by atoms with Gasteiger partial charge < -0.3 is 15.0 Å². The number of carbonyl (C=O) groups excluding carboxylic acids is 1. The van der Waals surface area contributed by atoms with Crippen molar-refractivity contribution in [2.45, 2.75) is 25.4 Å². The minimum Gasteiger partial charge on any atom is -0.387 e. The van der Waals surface area contributed by atoms with Gasteiger partial charge in [0.25, 0.3) is 0 Å². The number of aliphatic hydroxyl groups is 1. The van der Waals surface area contributed by atoms with Crippen molar-refractivity contribution in [3.8, 4) is 0 Å². The van der Waals surface area contributed by atoms with Crippen LogP contribution in [-0.4, -0.2) is 22.1 Å². The molecule has 0 aliphatic rings. The average Bonchev–Trinajstić information content (AvgIpc) is 3.01. The van der Waals surface area contributed by atoms with Gasteiger partial charge in [0.2, 0.25) is 5.91 Å². The molecule has 1 aromatic heterocycles. The summed E-state index contributed by atoms with van der Waals surface area (Å²) in [4.78, 5) is 12.5. The highest BCUT2D eigenvalue weighted by Crippen LogP contribution is 2.22. The van der Waals surface area contributed by atoms with Crippen LogP contribution in [0, 0.1) is 0 Å². The van der Waals surface area contributed by atoms with Crippen molar-refractivity contribution in [3.63, 3.8) is 0 Å². The molecule has 0 aliphatic heterocycles. The fourth-order valence-corrected chi connectivity index (χ4v) is 3.20. The molecule has 3 aromatic rings. The molecule has 0 aliphatic carbocycles. The molecule has 0 saturated heterocycles.